The van der Waals surface area contributed by atoms with Crippen molar-refractivity contribution in [3.63, 3.8) is 0 Å². The molecular weight excluding hydrogens is 377 g/mol. The first-order chi connectivity index (χ1) is 14.0. The van der Waals surface area contributed by atoms with Crippen LogP contribution in [0.2, 0.25) is 0 Å². The third-order valence-electron chi connectivity index (χ3n) is 4.74. The van der Waals surface area contributed by atoms with Crippen LogP contribution < -0.4 is 0 Å². The van der Waals surface area contributed by atoms with Gasteiger partial charge in [0.15, 0.2) is 5.82 Å². The van der Waals surface area contributed by atoms with Gasteiger partial charge in [0.2, 0.25) is 5.91 Å². The van der Waals surface area contributed by atoms with Crippen molar-refractivity contribution in [3.8, 4) is 11.5 Å². The minimum atomic E-state index is -0.491. The minimum absolute atomic E-state index is 0.254. The number of benzene rings is 1. The van der Waals surface area contributed by atoms with Crippen molar-refractivity contribution in [3.05, 3.63) is 59.9 Å². The van der Waals surface area contributed by atoms with Crippen LogP contribution in [0.1, 0.15) is 24.4 Å². The average Bonchev–Trinajstić information content (AvgIpc) is 3.37. The number of aryl methyl sites for hydroxylation is 1. The molecular formula is C20H20FN5O3. The number of carbonyl (C=O) groups excluding carboxylic acids is 1. The van der Waals surface area contributed by atoms with E-state index in [1.54, 1.807) is 54.1 Å². The molecule has 1 fully saturated rings. The summed E-state index contributed by atoms with van der Waals surface area (Å²) in [5.41, 5.74) is 1.63. The molecule has 4 rings (SSSR count). The van der Waals surface area contributed by atoms with Gasteiger partial charge in [-0.2, -0.15) is 10.1 Å². The summed E-state index contributed by atoms with van der Waals surface area (Å²) < 4.78 is 26.5. The summed E-state index contributed by atoms with van der Waals surface area (Å²) >= 11 is 0. The lowest BCUT2D eigenvalue weighted by molar-refractivity contribution is -0.135. The normalized spacial score (nSPS) is 17.6. The highest BCUT2D eigenvalue weighted by molar-refractivity contribution is 5.95. The predicted octanol–water partition coefficient (Wildman–Crippen LogP) is 2.61. The highest BCUT2D eigenvalue weighted by Crippen LogP contribution is 2.26. The van der Waals surface area contributed by atoms with E-state index in [0.29, 0.717) is 41.6 Å². The van der Waals surface area contributed by atoms with Gasteiger partial charge in [-0.25, -0.2) is 4.39 Å². The van der Waals surface area contributed by atoms with Crippen molar-refractivity contribution in [2.75, 3.05) is 19.8 Å². The molecule has 3 aromatic rings. The Labute approximate surface area is 166 Å². The van der Waals surface area contributed by atoms with Crippen molar-refractivity contribution >= 4 is 11.5 Å². The van der Waals surface area contributed by atoms with Gasteiger partial charge in [0.1, 0.15) is 11.9 Å². The number of hydrogen-bond donors (Lipinski definition) is 0. The Morgan fingerprint density at radius 1 is 1.34 bits per heavy atom. The second-order valence-corrected chi connectivity index (χ2v) is 6.79. The molecule has 1 aromatic carbocycles. The molecule has 3 heterocycles. The van der Waals surface area contributed by atoms with Crippen LogP contribution in [-0.2, 0) is 16.6 Å². The van der Waals surface area contributed by atoms with Crippen LogP contribution in [0.15, 0.2) is 47.3 Å². The van der Waals surface area contributed by atoms with Gasteiger partial charge < -0.3 is 14.2 Å². The maximum Gasteiger partial charge on any atom is 0.261 e. The highest BCUT2D eigenvalue weighted by atomic mass is 19.1. The van der Waals surface area contributed by atoms with Gasteiger partial charge in [-0.1, -0.05) is 23.4 Å². The summed E-state index contributed by atoms with van der Waals surface area (Å²) in [4.78, 5) is 19.0. The standard InChI is InChI=1S/C20H20FN5O3/c1-13(15-5-3-4-6-16(15)21)9-18(27)26-7-8-28-12-17(26)19-23-20(29-24-19)14-10-22-25(2)11-14/h3-6,9-11,17H,7-8,12H2,1-2H3/b13-9+. The van der Waals surface area contributed by atoms with Gasteiger partial charge in [-0.05, 0) is 18.6 Å². The van der Waals surface area contributed by atoms with Crippen molar-refractivity contribution < 1.29 is 18.4 Å². The highest BCUT2D eigenvalue weighted by Gasteiger charge is 2.32. The quantitative estimate of drug-likeness (QED) is 0.629. The smallest absolute Gasteiger partial charge is 0.261 e. The molecule has 0 radical (unpaired) electrons. The third-order valence-corrected chi connectivity index (χ3v) is 4.74. The fraction of sp³-hybridized carbons (Fsp3) is 0.300. The maximum absolute atomic E-state index is 14.0. The van der Waals surface area contributed by atoms with Crippen molar-refractivity contribution in [2.24, 2.45) is 7.05 Å². The average molecular weight is 397 g/mol. The van der Waals surface area contributed by atoms with Gasteiger partial charge in [0.25, 0.3) is 5.89 Å². The van der Waals surface area contributed by atoms with Crippen LogP contribution in [-0.4, -0.2) is 50.5 Å². The van der Waals surface area contributed by atoms with E-state index >= 15 is 0 Å². The lowest BCUT2D eigenvalue weighted by Crippen LogP contribution is -2.43. The Balaban J connectivity index is 1.58. The number of amides is 1. The van der Waals surface area contributed by atoms with Gasteiger partial charge in [-0.3, -0.25) is 9.48 Å². The first-order valence-electron chi connectivity index (χ1n) is 9.17. The molecule has 0 bridgehead atoms. The molecule has 2 aromatic heterocycles. The lowest BCUT2D eigenvalue weighted by Gasteiger charge is -2.33. The van der Waals surface area contributed by atoms with E-state index in [4.69, 9.17) is 9.26 Å². The minimum Gasteiger partial charge on any atom is -0.377 e. The van der Waals surface area contributed by atoms with Gasteiger partial charge in [0.05, 0.1) is 25.0 Å². The van der Waals surface area contributed by atoms with E-state index in [1.807, 2.05) is 0 Å². The molecule has 1 aliphatic rings. The molecule has 0 spiro atoms. The number of nitrogens with zero attached hydrogens (tertiary/aromatic N) is 5. The van der Waals surface area contributed by atoms with Gasteiger partial charge in [-0.15, -0.1) is 0 Å². The second kappa shape index (κ2) is 7.96. The van der Waals surface area contributed by atoms with E-state index in [-0.39, 0.29) is 18.3 Å². The van der Waals surface area contributed by atoms with Crippen molar-refractivity contribution in [1.82, 2.24) is 24.8 Å². The molecule has 9 heteroatoms. The Hall–Kier alpha value is -3.33. The molecule has 1 unspecified atom stereocenters. The predicted molar refractivity (Wildman–Crippen MR) is 102 cm³/mol. The summed E-state index contributed by atoms with van der Waals surface area (Å²) in [5, 5.41) is 8.12. The summed E-state index contributed by atoms with van der Waals surface area (Å²) in [7, 11) is 1.79. The molecule has 29 heavy (non-hydrogen) atoms. The first kappa shape index (κ1) is 19.0. The summed E-state index contributed by atoms with van der Waals surface area (Å²) in [6.07, 6.45) is 4.81. The molecule has 8 nitrogen and oxygen atoms in total. The largest absolute Gasteiger partial charge is 0.377 e. The van der Waals surface area contributed by atoms with Crippen molar-refractivity contribution in [2.45, 2.75) is 13.0 Å². The summed E-state index contributed by atoms with van der Waals surface area (Å²) in [6.45, 7) is 2.74. The summed E-state index contributed by atoms with van der Waals surface area (Å²) in [5.74, 6) is 0.0524. The van der Waals surface area contributed by atoms with Crippen LogP contribution >= 0.6 is 0 Å². The molecule has 1 amide bonds. The number of morpholine rings is 1. The molecule has 150 valence electrons. The topological polar surface area (TPSA) is 86.3 Å². The molecule has 0 N–H and O–H groups in total. The number of aromatic nitrogens is 4. The lowest BCUT2D eigenvalue weighted by atomic mass is 10.1. The van der Waals surface area contributed by atoms with E-state index in [0.717, 1.165) is 0 Å². The number of rotatable bonds is 4. The second-order valence-electron chi connectivity index (χ2n) is 6.79. The van der Waals surface area contributed by atoms with Crippen LogP contribution in [0.25, 0.3) is 17.0 Å². The Morgan fingerprint density at radius 3 is 2.93 bits per heavy atom. The zero-order valence-electron chi connectivity index (χ0n) is 16.1. The third kappa shape index (κ3) is 3.95. The Bertz CT molecular complexity index is 1060. The first-order valence-corrected chi connectivity index (χ1v) is 9.17. The number of ether oxygens (including phenoxy) is 1. The molecule has 1 aliphatic heterocycles. The molecule has 1 saturated heterocycles. The van der Waals surface area contributed by atoms with Crippen LogP contribution in [0.5, 0.6) is 0 Å². The molecule has 1 atom stereocenters. The van der Waals surface area contributed by atoms with Crippen LogP contribution in [0, 0.1) is 5.82 Å². The van der Waals surface area contributed by atoms with Gasteiger partial charge in [0, 0.05) is 31.4 Å². The monoisotopic (exact) mass is 397 g/mol. The molecule has 0 saturated carbocycles. The van der Waals surface area contributed by atoms with Crippen molar-refractivity contribution in [1.29, 1.82) is 0 Å². The van der Waals surface area contributed by atoms with E-state index < -0.39 is 6.04 Å². The fourth-order valence-electron chi connectivity index (χ4n) is 3.23. The summed E-state index contributed by atoms with van der Waals surface area (Å²) in [6, 6.07) is 5.87. The SMILES string of the molecule is C/C(=C\C(=O)N1CCOCC1c1noc(-c2cnn(C)c2)n1)c1ccccc1F. The number of halogens is 1. The van der Waals surface area contributed by atoms with Gasteiger partial charge >= 0.3 is 0 Å². The van der Waals surface area contributed by atoms with E-state index in [9.17, 15) is 9.18 Å². The van der Waals surface area contributed by atoms with Crippen LogP contribution in [0.4, 0.5) is 4.39 Å². The fourth-order valence-corrected chi connectivity index (χ4v) is 3.23. The Morgan fingerprint density at radius 2 is 2.17 bits per heavy atom. The van der Waals surface area contributed by atoms with Crippen LogP contribution in [0.3, 0.4) is 0 Å². The maximum atomic E-state index is 14.0. The number of allylic oxidation sites excluding steroid dienone is 1. The molecule has 0 aliphatic carbocycles. The Kier molecular flexibility index (Phi) is 5.22. The van der Waals surface area contributed by atoms with E-state index in [2.05, 4.69) is 15.2 Å². The van der Waals surface area contributed by atoms with E-state index in [1.165, 1.54) is 12.1 Å². The zero-order chi connectivity index (χ0) is 20.4. The zero-order valence-corrected chi connectivity index (χ0v) is 16.1. The number of hydrogen-bond acceptors (Lipinski definition) is 6. The number of carbonyl (C=O) groups is 1.